The van der Waals surface area contributed by atoms with E-state index in [4.69, 9.17) is 27.6 Å². The van der Waals surface area contributed by atoms with E-state index < -0.39 is 0 Å². The van der Waals surface area contributed by atoms with Crippen molar-refractivity contribution >= 4 is 34.2 Å². The maximum absolute atomic E-state index is 6.21. The van der Waals surface area contributed by atoms with Gasteiger partial charge in [-0.1, -0.05) is 35.3 Å². The number of hydrogen-bond donors (Lipinski definition) is 1. The molecule has 0 fully saturated rings. The van der Waals surface area contributed by atoms with Crippen LogP contribution in [0, 0.1) is 0 Å². The molecule has 1 N–H and O–H groups in total. The van der Waals surface area contributed by atoms with E-state index in [1.807, 2.05) is 31.3 Å². The first-order valence-corrected chi connectivity index (χ1v) is 6.92. The number of hydrogen-bond acceptors (Lipinski definition) is 3. The van der Waals surface area contributed by atoms with Gasteiger partial charge in [0.1, 0.15) is 11.8 Å². The standard InChI is InChI=1S/C15H12Cl2N2O/c1-18-14(13-10(16)6-3-7-19-13)12-8-9-4-2-5-11(17)15(9)20-12/h2-8,14,18H,1H3. The van der Waals surface area contributed by atoms with E-state index in [0.717, 1.165) is 16.8 Å². The molecule has 3 nitrogen and oxygen atoms in total. The summed E-state index contributed by atoms with van der Waals surface area (Å²) in [5, 5.41) is 5.32. The van der Waals surface area contributed by atoms with Crippen molar-refractivity contribution in [2.75, 3.05) is 7.05 Å². The molecule has 3 rings (SSSR count). The Morgan fingerprint density at radius 1 is 1.15 bits per heavy atom. The zero-order valence-corrected chi connectivity index (χ0v) is 12.2. The summed E-state index contributed by atoms with van der Waals surface area (Å²) < 4.78 is 5.87. The van der Waals surface area contributed by atoms with Crippen LogP contribution in [0.25, 0.3) is 11.0 Å². The highest BCUT2D eigenvalue weighted by Gasteiger charge is 2.21. The van der Waals surface area contributed by atoms with Gasteiger partial charge in [0, 0.05) is 11.6 Å². The SMILES string of the molecule is CNC(c1cc2cccc(Cl)c2o1)c1ncccc1Cl. The molecule has 0 spiro atoms. The lowest BCUT2D eigenvalue weighted by atomic mass is 10.1. The first kappa shape index (κ1) is 13.4. The Balaban J connectivity index is 2.12. The van der Waals surface area contributed by atoms with Gasteiger partial charge in [0.05, 0.1) is 15.7 Å². The Morgan fingerprint density at radius 2 is 1.95 bits per heavy atom. The fourth-order valence-corrected chi connectivity index (χ4v) is 2.66. The summed E-state index contributed by atoms with van der Waals surface area (Å²) in [6.07, 6.45) is 1.71. The third-order valence-electron chi connectivity index (χ3n) is 3.15. The van der Waals surface area contributed by atoms with Crippen molar-refractivity contribution in [3.8, 4) is 0 Å². The van der Waals surface area contributed by atoms with Gasteiger partial charge in [0.2, 0.25) is 0 Å². The number of benzene rings is 1. The highest BCUT2D eigenvalue weighted by molar-refractivity contribution is 6.34. The molecule has 3 aromatic rings. The van der Waals surface area contributed by atoms with E-state index in [2.05, 4.69) is 10.3 Å². The maximum atomic E-state index is 6.21. The van der Waals surface area contributed by atoms with E-state index in [0.29, 0.717) is 15.6 Å². The number of nitrogens with zero attached hydrogens (tertiary/aromatic N) is 1. The average molecular weight is 307 g/mol. The Labute approximate surface area is 126 Å². The van der Waals surface area contributed by atoms with Crippen LogP contribution in [0.2, 0.25) is 10.0 Å². The van der Waals surface area contributed by atoms with Crippen molar-refractivity contribution in [1.29, 1.82) is 0 Å². The van der Waals surface area contributed by atoms with E-state index >= 15 is 0 Å². The quantitative estimate of drug-likeness (QED) is 0.777. The highest BCUT2D eigenvalue weighted by atomic mass is 35.5. The smallest absolute Gasteiger partial charge is 0.152 e. The van der Waals surface area contributed by atoms with Gasteiger partial charge in [-0.3, -0.25) is 4.98 Å². The van der Waals surface area contributed by atoms with Gasteiger partial charge in [0.25, 0.3) is 0 Å². The van der Waals surface area contributed by atoms with Crippen LogP contribution in [0.5, 0.6) is 0 Å². The van der Waals surface area contributed by atoms with Crippen LogP contribution in [0.4, 0.5) is 0 Å². The molecule has 0 aliphatic heterocycles. The third kappa shape index (κ3) is 2.29. The van der Waals surface area contributed by atoms with Gasteiger partial charge in [-0.2, -0.15) is 0 Å². The van der Waals surface area contributed by atoms with Crippen LogP contribution in [-0.2, 0) is 0 Å². The fourth-order valence-electron chi connectivity index (χ4n) is 2.21. The Morgan fingerprint density at radius 3 is 2.65 bits per heavy atom. The van der Waals surface area contributed by atoms with E-state index in [1.54, 1.807) is 18.3 Å². The van der Waals surface area contributed by atoms with Crippen molar-refractivity contribution in [2.45, 2.75) is 6.04 Å². The van der Waals surface area contributed by atoms with Gasteiger partial charge in [-0.05, 0) is 31.3 Å². The average Bonchev–Trinajstić information content (AvgIpc) is 2.87. The summed E-state index contributed by atoms with van der Waals surface area (Å²) in [7, 11) is 1.84. The molecular formula is C15H12Cl2N2O. The molecule has 1 atom stereocenters. The largest absolute Gasteiger partial charge is 0.457 e. The van der Waals surface area contributed by atoms with Crippen LogP contribution < -0.4 is 5.32 Å². The van der Waals surface area contributed by atoms with Gasteiger partial charge in [-0.15, -0.1) is 0 Å². The third-order valence-corrected chi connectivity index (χ3v) is 3.77. The molecule has 0 amide bonds. The molecule has 0 aliphatic carbocycles. The molecule has 102 valence electrons. The number of aromatic nitrogens is 1. The number of nitrogens with one attached hydrogen (secondary N) is 1. The van der Waals surface area contributed by atoms with Crippen molar-refractivity contribution in [2.24, 2.45) is 0 Å². The van der Waals surface area contributed by atoms with Crippen LogP contribution in [0.3, 0.4) is 0 Å². The molecule has 0 saturated heterocycles. The summed E-state index contributed by atoms with van der Waals surface area (Å²) in [6.45, 7) is 0. The van der Waals surface area contributed by atoms with Crippen LogP contribution in [-0.4, -0.2) is 12.0 Å². The molecule has 20 heavy (non-hydrogen) atoms. The predicted molar refractivity (Wildman–Crippen MR) is 81.4 cm³/mol. The van der Waals surface area contributed by atoms with Crippen LogP contribution >= 0.6 is 23.2 Å². The molecule has 1 aromatic carbocycles. The second-order valence-corrected chi connectivity index (χ2v) is 5.21. The van der Waals surface area contributed by atoms with Gasteiger partial charge >= 0.3 is 0 Å². The summed E-state index contributed by atoms with van der Waals surface area (Å²) in [4.78, 5) is 4.33. The highest BCUT2D eigenvalue weighted by Crippen LogP contribution is 2.33. The first-order valence-electron chi connectivity index (χ1n) is 6.16. The Hall–Kier alpha value is -1.55. The van der Waals surface area contributed by atoms with Crippen molar-refractivity contribution in [1.82, 2.24) is 10.3 Å². The minimum Gasteiger partial charge on any atom is -0.457 e. The lowest BCUT2D eigenvalue weighted by molar-refractivity contribution is 0.486. The zero-order valence-electron chi connectivity index (χ0n) is 10.7. The zero-order chi connectivity index (χ0) is 14.1. The summed E-state index contributed by atoms with van der Waals surface area (Å²) in [5.74, 6) is 0.733. The first-order chi connectivity index (χ1) is 9.70. The van der Waals surface area contributed by atoms with Gasteiger partial charge in [-0.25, -0.2) is 0 Å². The Bertz CT molecular complexity index is 754. The van der Waals surface area contributed by atoms with Crippen molar-refractivity contribution in [3.63, 3.8) is 0 Å². The summed E-state index contributed by atoms with van der Waals surface area (Å²) >= 11 is 12.3. The number of pyridine rings is 1. The lowest BCUT2D eigenvalue weighted by Gasteiger charge is -2.14. The molecule has 0 bridgehead atoms. The van der Waals surface area contributed by atoms with E-state index in [9.17, 15) is 0 Å². The van der Waals surface area contributed by atoms with Crippen LogP contribution in [0.15, 0.2) is 47.0 Å². The molecule has 0 radical (unpaired) electrons. The van der Waals surface area contributed by atoms with Gasteiger partial charge in [0.15, 0.2) is 5.58 Å². The van der Waals surface area contributed by atoms with E-state index in [1.165, 1.54) is 0 Å². The van der Waals surface area contributed by atoms with Gasteiger partial charge < -0.3 is 9.73 Å². The number of rotatable bonds is 3. The maximum Gasteiger partial charge on any atom is 0.152 e. The fraction of sp³-hybridized carbons (Fsp3) is 0.133. The second kappa shape index (κ2) is 5.44. The minimum atomic E-state index is -0.216. The molecule has 2 heterocycles. The summed E-state index contributed by atoms with van der Waals surface area (Å²) in [5.41, 5.74) is 1.41. The normalized spacial score (nSPS) is 12.8. The monoisotopic (exact) mass is 306 g/mol. The number of halogens is 2. The molecule has 1 unspecified atom stereocenters. The topological polar surface area (TPSA) is 38.1 Å². The minimum absolute atomic E-state index is 0.216. The number of fused-ring (bicyclic) bond motifs is 1. The molecule has 0 saturated carbocycles. The lowest BCUT2D eigenvalue weighted by Crippen LogP contribution is -2.18. The second-order valence-electron chi connectivity index (χ2n) is 4.40. The van der Waals surface area contributed by atoms with Crippen LogP contribution in [0.1, 0.15) is 17.5 Å². The molecule has 2 aromatic heterocycles. The molecule has 0 aliphatic rings. The predicted octanol–water partition coefficient (Wildman–Crippen LogP) is 4.44. The molecule has 5 heteroatoms. The number of furan rings is 1. The number of para-hydroxylation sites is 1. The van der Waals surface area contributed by atoms with Crippen molar-refractivity contribution in [3.05, 3.63) is 64.1 Å². The van der Waals surface area contributed by atoms with E-state index in [-0.39, 0.29) is 6.04 Å². The summed E-state index contributed by atoms with van der Waals surface area (Å²) in [6, 6.07) is 11.0. The van der Waals surface area contributed by atoms with Crippen molar-refractivity contribution < 1.29 is 4.42 Å². The Kier molecular flexibility index (Phi) is 3.66. The molecular weight excluding hydrogens is 295 g/mol.